The van der Waals surface area contributed by atoms with Crippen LogP contribution in [0, 0.1) is 0 Å². The van der Waals surface area contributed by atoms with Gasteiger partial charge in [0, 0.05) is 11.3 Å². The summed E-state index contributed by atoms with van der Waals surface area (Å²) in [6.07, 6.45) is 1.51. The van der Waals surface area contributed by atoms with E-state index >= 15 is 0 Å². The summed E-state index contributed by atoms with van der Waals surface area (Å²) in [6.45, 7) is 0.750. The molecule has 8 nitrogen and oxygen atoms in total. The second-order valence-electron chi connectivity index (χ2n) is 9.07. The molecule has 1 aromatic heterocycles. The molecule has 0 aliphatic rings. The first kappa shape index (κ1) is 28.6. The SMILES string of the molecule is O=C(NN=Cc1ccc(OCc2ccccc2)c(OCc2ccccc2)c1)c1ccc(NS(=O)(=O)c2cccs2)cc1. The fourth-order valence-electron chi connectivity index (χ4n) is 3.85. The molecule has 0 spiro atoms. The predicted octanol–water partition coefficient (Wildman–Crippen LogP) is 6.47. The van der Waals surface area contributed by atoms with Crippen molar-refractivity contribution in [1.29, 1.82) is 0 Å². The number of ether oxygens (including phenoxy) is 2. The summed E-state index contributed by atoms with van der Waals surface area (Å²) in [7, 11) is -3.67. The number of nitrogens with zero attached hydrogens (tertiary/aromatic N) is 1. The average Bonchev–Trinajstić information content (AvgIpc) is 3.57. The van der Waals surface area contributed by atoms with Crippen molar-refractivity contribution in [2.24, 2.45) is 5.10 Å². The molecule has 212 valence electrons. The van der Waals surface area contributed by atoms with E-state index in [1.165, 1.54) is 36.5 Å². The summed E-state index contributed by atoms with van der Waals surface area (Å²) >= 11 is 1.12. The summed E-state index contributed by atoms with van der Waals surface area (Å²) in [6, 6.07) is 34.4. The van der Waals surface area contributed by atoms with Crippen LogP contribution in [0.15, 0.2) is 130 Å². The first-order chi connectivity index (χ1) is 20.5. The normalized spacial score (nSPS) is 11.2. The third-order valence-electron chi connectivity index (χ3n) is 5.98. The van der Waals surface area contributed by atoms with E-state index in [4.69, 9.17) is 9.47 Å². The van der Waals surface area contributed by atoms with E-state index in [0.717, 1.165) is 22.5 Å². The lowest BCUT2D eigenvalue weighted by atomic mass is 10.2. The minimum absolute atomic E-state index is 0.211. The summed E-state index contributed by atoms with van der Waals surface area (Å²) in [5.41, 5.74) is 5.92. The first-order valence-electron chi connectivity index (χ1n) is 12.9. The van der Waals surface area contributed by atoms with Gasteiger partial charge in [-0.1, -0.05) is 66.7 Å². The zero-order valence-electron chi connectivity index (χ0n) is 22.3. The first-order valence-corrected chi connectivity index (χ1v) is 15.3. The van der Waals surface area contributed by atoms with Gasteiger partial charge in [0.1, 0.15) is 17.4 Å². The highest BCUT2D eigenvalue weighted by molar-refractivity contribution is 7.94. The Balaban J connectivity index is 1.23. The van der Waals surface area contributed by atoms with Gasteiger partial charge in [-0.15, -0.1) is 11.3 Å². The Kier molecular flexibility index (Phi) is 9.27. The van der Waals surface area contributed by atoms with Gasteiger partial charge in [-0.05, 0) is 70.6 Å². The number of carbonyl (C=O) groups is 1. The molecular formula is C32H27N3O5S2. The second kappa shape index (κ2) is 13.6. The Morgan fingerprint density at radius 2 is 1.40 bits per heavy atom. The highest BCUT2D eigenvalue weighted by Crippen LogP contribution is 2.30. The van der Waals surface area contributed by atoms with Crippen molar-refractivity contribution < 1.29 is 22.7 Å². The fourth-order valence-corrected chi connectivity index (χ4v) is 5.90. The van der Waals surface area contributed by atoms with Crippen LogP contribution in [0.1, 0.15) is 27.0 Å². The molecule has 1 heterocycles. The quantitative estimate of drug-likeness (QED) is 0.127. The van der Waals surface area contributed by atoms with Crippen LogP contribution in [0.5, 0.6) is 11.5 Å². The van der Waals surface area contributed by atoms with E-state index in [9.17, 15) is 13.2 Å². The Morgan fingerprint density at radius 1 is 0.762 bits per heavy atom. The summed E-state index contributed by atoms with van der Waals surface area (Å²) in [4.78, 5) is 12.6. The van der Waals surface area contributed by atoms with E-state index in [0.29, 0.717) is 41.5 Å². The highest BCUT2D eigenvalue weighted by atomic mass is 32.2. The van der Waals surface area contributed by atoms with Crippen molar-refractivity contribution >= 4 is 39.2 Å². The molecule has 5 aromatic rings. The lowest BCUT2D eigenvalue weighted by molar-refractivity contribution is 0.0955. The van der Waals surface area contributed by atoms with Gasteiger partial charge < -0.3 is 9.47 Å². The van der Waals surface area contributed by atoms with E-state index < -0.39 is 15.9 Å². The van der Waals surface area contributed by atoms with E-state index in [-0.39, 0.29) is 4.21 Å². The molecule has 0 aliphatic carbocycles. The number of carbonyl (C=O) groups excluding carboxylic acids is 1. The fraction of sp³-hybridized carbons (Fsp3) is 0.0625. The number of hydrazone groups is 1. The molecule has 0 fully saturated rings. The molecule has 0 saturated carbocycles. The molecule has 4 aromatic carbocycles. The Labute approximate surface area is 248 Å². The number of thiophene rings is 1. The van der Waals surface area contributed by atoms with Crippen molar-refractivity contribution in [1.82, 2.24) is 5.43 Å². The van der Waals surface area contributed by atoms with Crippen LogP contribution >= 0.6 is 11.3 Å². The molecule has 42 heavy (non-hydrogen) atoms. The Morgan fingerprint density at radius 3 is 2.02 bits per heavy atom. The number of sulfonamides is 1. The van der Waals surface area contributed by atoms with Crippen molar-refractivity contribution in [2.75, 3.05) is 4.72 Å². The Bertz CT molecular complexity index is 1740. The topological polar surface area (TPSA) is 106 Å². The number of anilines is 1. The van der Waals surface area contributed by atoms with Crippen LogP contribution in [0.25, 0.3) is 0 Å². The maximum absolute atomic E-state index is 12.6. The average molecular weight is 598 g/mol. The van der Waals surface area contributed by atoms with Gasteiger partial charge in [0.25, 0.3) is 15.9 Å². The van der Waals surface area contributed by atoms with Crippen LogP contribution in [-0.4, -0.2) is 20.5 Å². The molecule has 5 rings (SSSR count). The highest BCUT2D eigenvalue weighted by Gasteiger charge is 2.15. The van der Waals surface area contributed by atoms with Gasteiger partial charge >= 0.3 is 0 Å². The van der Waals surface area contributed by atoms with Crippen molar-refractivity contribution in [3.05, 3.63) is 143 Å². The molecule has 0 aliphatic heterocycles. The van der Waals surface area contributed by atoms with E-state index in [1.807, 2.05) is 72.8 Å². The van der Waals surface area contributed by atoms with Crippen LogP contribution in [0.3, 0.4) is 0 Å². The number of hydrogen-bond donors (Lipinski definition) is 2. The molecule has 0 bridgehead atoms. The molecule has 0 saturated heterocycles. The number of benzene rings is 4. The maximum atomic E-state index is 12.6. The monoisotopic (exact) mass is 597 g/mol. The zero-order chi connectivity index (χ0) is 29.2. The van der Waals surface area contributed by atoms with Crippen LogP contribution in [-0.2, 0) is 23.2 Å². The van der Waals surface area contributed by atoms with Gasteiger partial charge in [0.15, 0.2) is 11.5 Å². The minimum Gasteiger partial charge on any atom is -0.485 e. The minimum atomic E-state index is -3.67. The predicted molar refractivity (Wildman–Crippen MR) is 165 cm³/mol. The molecule has 1 amide bonds. The Hall–Kier alpha value is -4.93. The van der Waals surface area contributed by atoms with Crippen molar-refractivity contribution in [2.45, 2.75) is 17.4 Å². The lowest BCUT2D eigenvalue weighted by Crippen LogP contribution is -2.17. The van der Waals surface area contributed by atoms with E-state index in [2.05, 4.69) is 15.2 Å². The molecular weight excluding hydrogens is 571 g/mol. The molecule has 0 radical (unpaired) electrons. The third kappa shape index (κ3) is 7.84. The molecule has 0 unspecified atom stereocenters. The van der Waals surface area contributed by atoms with Crippen molar-refractivity contribution in [3.63, 3.8) is 0 Å². The van der Waals surface area contributed by atoms with Crippen LogP contribution in [0.2, 0.25) is 0 Å². The summed E-state index contributed by atoms with van der Waals surface area (Å²) < 4.78 is 39.7. The molecule has 10 heteroatoms. The number of amides is 1. The number of rotatable bonds is 12. The maximum Gasteiger partial charge on any atom is 0.271 e. The van der Waals surface area contributed by atoms with Gasteiger partial charge in [-0.3, -0.25) is 9.52 Å². The van der Waals surface area contributed by atoms with Crippen LogP contribution in [0.4, 0.5) is 5.69 Å². The van der Waals surface area contributed by atoms with Crippen molar-refractivity contribution in [3.8, 4) is 11.5 Å². The van der Waals surface area contributed by atoms with Crippen LogP contribution < -0.4 is 19.6 Å². The summed E-state index contributed by atoms with van der Waals surface area (Å²) in [5, 5.41) is 5.77. The van der Waals surface area contributed by atoms with Gasteiger partial charge in [-0.2, -0.15) is 5.10 Å². The lowest BCUT2D eigenvalue weighted by Gasteiger charge is -2.14. The van der Waals surface area contributed by atoms with Gasteiger partial charge in [0.2, 0.25) is 0 Å². The largest absolute Gasteiger partial charge is 0.485 e. The zero-order valence-corrected chi connectivity index (χ0v) is 24.0. The summed E-state index contributed by atoms with van der Waals surface area (Å²) in [5.74, 6) is 0.693. The molecule has 0 atom stereocenters. The number of hydrogen-bond acceptors (Lipinski definition) is 7. The smallest absolute Gasteiger partial charge is 0.271 e. The van der Waals surface area contributed by atoms with Gasteiger partial charge in [-0.25, -0.2) is 13.8 Å². The van der Waals surface area contributed by atoms with Gasteiger partial charge in [0.05, 0.1) is 6.21 Å². The molecule has 2 N–H and O–H groups in total. The third-order valence-corrected chi connectivity index (χ3v) is 8.76. The standard InChI is InChI=1S/C32H27N3O5S2/c36-32(27-14-16-28(17-15-27)35-42(37,38)31-12-7-19-41-31)34-33-21-26-13-18-29(39-22-24-8-3-1-4-9-24)30(20-26)40-23-25-10-5-2-6-11-25/h1-21,35H,22-23H2,(H,34,36). The number of nitrogens with one attached hydrogen (secondary N) is 2. The second-order valence-corrected chi connectivity index (χ2v) is 11.9. The van der Waals surface area contributed by atoms with E-state index in [1.54, 1.807) is 17.5 Å².